The van der Waals surface area contributed by atoms with E-state index in [-0.39, 0.29) is 6.04 Å². The van der Waals surface area contributed by atoms with E-state index >= 15 is 0 Å². The molecule has 1 aromatic carbocycles. The van der Waals surface area contributed by atoms with Gasteiger partial charge in [0.15, 0.2) is 0 Å². The predicted molar refractivity (Wildman–Crippen MR) is 60.7 cm³/mol. The number of fused-ring (bicyclic) bond motifs is 1. The minimum atomic E-state index is -0.554. The Kier molecular flexibility index (Phi) is 2.33. The minimum Gasteiger partial charge on any atom is -0.497 e. The largest absolute Gasteiger partial charge is 0.497 e. The van der Waals surface area contributed by atoms with Crippen molar-refractivity contribution in [2.75, 3.05) is 7.11 Å². The van der Waals surface area contributed by atoms with Gasteiger partial charge in [-0.25, -0.2) is 9.67 Å². The van der Waals surface area contributed by atoms with Crippen molar-refractivity contribution in [2.24, 2.45) is 0 Å². The van der Waals surface area contributed by atoms with Crippen molar-refractivity contribution in [2.45, 2.75) is 18.6 Å². The van der Waals surface area contributed by atoms with Crippen molar-refractivity contribution in [1.29, 1.82) is 0 Å². The van der Waals surface area contributed by atoms with Gasteiger partial charge in [-0.2, -0.15) is 5.10 Å². The van der Waals surface area contributed by atoms with Crippen LogP contribution in [0.15, 0.2) is 30.9 Å². The summed E-state index contributed by atoms with van der Waals surface area (Å²) >= 11 is 0. The fraction of sp³-hybridized carbons (Fsp3) is 0.333. The molecule has 5 nitrogen and oxygen atoms in total. The second-order valence-electron chi connectivity index (χ2n) is 4.16. The molecule has 0 bridgehead atoms. The first-order chi connectivity index (χ1) is 8.29. The van der Waals surface area contributed by atoms with Crippen LogP contribution in [0, 0.1) is 0 Å². The fourth-order valence-electron chi connectivity index (χ4n) is 2.33. The quantitative estimate of drug-likeness (QED) is 0.841. The molecule has 17 heavy (non-hydrogen) atoms. The van der Waals surface area contributed by atoms with Crippen LogP contribution in [0.5, 0.6) is 5.75 Å². The Labute approximate surface area is 98.7 Å². The van der Waals surface area contributed by atoms with Crippen LogP contribution < -0.4 is 4.74 Å². The summed E-state index contributed by atoms with van der Waals surface area (Å²) in [5, 5.41) is 14.4. The monoisotopic (exact) mass is 231 g/mol. The Bertz CT molecular complexity index is 525. The molecule has 0 aliphatic heterocycles. The summed E-state index contributed by atoms with van der Waals surface area (Å²) in [6.45, 7) is 0. The highest BCUT2D eigenvalue weighted by atomic mass is 16.5. The molecule has 2 atom stereocenters. The lowest BCUT2D eigenvalue weighted by Gasteiger charge is -2.14. The van der Waals surface area contributed by atoms with E-state index in [9.17, 15) is 5.11 Å². The number of aliphatic hydroxyl groups excluding tert-OH is 1. The van der Waals surface area contributed by atoms with Gasteiger partial charge in [0.25, 0.3) is 0 Å². The number of hydrogen-bond acceptors (Lipinski definition) is 4. The average Bonchev–Trinajstić information content (AvgIpc) is 2.97. The summed E-state index contributed by atoms with van der Waals surface area (Å²) in [6.07, 6.45) is 3.33. The lowest BCUT2D eigenvalue weighted by atomic mass is 10.1. The molecule has 0 amide bonds. The van der Waals surface area contributed by atoms with Crippen LogP contribution in [0.2, 0.25) is 0 Å². The fourth-order valence-corrected chi connectivity index (χ4v) is 2.33. The molecule has 3 rings (SSSR count). The predicted octanol–water partition coefficient (Wildman–Crippen LogP) is 1.12. The number of rotatable bonds is 2. The Morgan fingerprint density at radius 2 is 2.35 bits per heavy atom. The van der Waals surface area contributed by atoms with E-state index in [1.807, 2.05) is 18.2 Å². The van der Waals surface area contributed by atoms with Gasteiger partial charge < -0.3 is 9.84 Å². The third kappa shape index (κ3) is 1.59. The molecule has 2 unspecified atom stereocenters. The van der Waals surface area contributed by atoms with Crippen LogP contribution >= 0.6 is 0 Å². The summed E-state index contributed by atoms with van der Waals surface area (Å²) in [7, 11) is 1.62. The molecule has 2 aromatic rings. The van der Waals surface area contributed by atoms with Crippen LogP contribution in [0.1, 0.15) is 23.3 Å². The lowest BCUT2D eigenvalue weighted by molar-refractivity contribution is 0.120. The number of aromatic nitrogens is 3. The maximum atomic E-state index is 10.3. The highest BCUT2D eigenvalue weighted by Gasteiger charge is 2.33. The summed E-state index contributed by atoms with van der Waals surface area (Å²) in [5.74, 6) is 0.766. The number of benzene rings is 1. The van der Waals surface area contributed by atoms with Crippen molar-refractivity contribution in [3.8, 4) is 5.75 Å². The molecule has 1 aliphatic rings. The Morgan fingerprint density at radius 1 is 1.47 bits per heavy atom. The van der Waals surface area contributed by atoms with E-state index in [4.69, 9.17) is 4.74 Å². The van der Waals surface area contributed by atoms with Gasteiger partial charge >= 0.3 is 0 Å². The first kappa shape index (κ1) is 10.3. The van der Waals surface area contributed by atoms with Crippen molar-refractivity contribution in [3.63, 3.8) is 0 Å². The highest BCUT2D eigenvalue weighted by Crippen LogP contribution is 2.40. The molecule has 1 heterocycles. The van der Waals surface area contributed by atoms with Crippen molar-refractivity contribution < 1.29 is 9.84 Å². The molecule has 5 heteroatoms. The topological polar surface area (TPSA) is 60.2 Å². The van der Waals surface area contributed by atoms with Crippen molar-refractivity contribution in [1.82, 2.24) is 14.8 Å². The first-order valence-electron chi connectivity index (χ1n) is 5.48. The molecule has 0 fully saturated rings. The number of aliphatic hydroxyl groups is 1. The smallest absolute Gasteiger partial charge is 0.137 e. The van der Waals surface area contributed by atoms with Crippen LogP contribution in [0.3, 0.4) is 0 Å². The molecule has 1 N–H and O–H groups in total. The van der Waals surface area contributed by atoms with Gasteiger partial charge in [-0.15, -0.1) is 0 Å². The number of methoxy groups -OCH3 is 1. The highest BCUT2D eigenvalue weighted by molar-refractivity contribution is 5.41. The Morgan fingerprint density at radius 3 is 3.06 bits per heavy atom. The Hall–Kier alpha value is -1.88. The SMILES string of the molecule is COc1ccc2c(c1)C(O)C(n1cncn1)C2. The van der Waals surface area contributed by atoms with E-state index in [2.05, 4.69) is 10.1 Å². The van der Waals surface area contributed by atoms with Crippen LogP contribution in [0.25, 0.3) is 0 Å². The molecular weight excluding hydrogens is 218 g/mol. The summed E-state index contributed by atoms with van der Waals surface area (Å²) in [5.41, 5.74) is 2.06. The molecule has 1 aliphatic carbocycles. The number of nitrogens with zero attached hydrogens (tertiary/aromatic N) is 3. The summed E-state index contributed by atoms with van der Waals surface area (Å²) < 4.78 is 6.87. The van der Waals surface area contributed by atoms with Crippen molar-refractivity contribution >= 4 is 0 Å². The minimum absolute atomic E-state index is 0.0698. The molecule has 88 valence electrons. The van der Waals surface area contributed by atoms with Gasteiger partial charge in [0.1, 0.15) is 24.5 Å². The van der Waals surface area contributed by atoms with Crippen LogP contribution in [-0.2, 0) is 6.42 Å². The van der Waals surface area contributed by atoms with E-state index in [0.29, 0.717) is 0 Å². The average molecular weight is 231 g/mol. The van der Waals surface area contributed by atoms with Gasteiger partial charge in [-0.05, 0) is 29.7 Å². The van der Waals surface area contributed by atoms with E-state index in [1.165, 1.54) is 6.33 Å². The zero-order valence-electron chi connectivity index (χ0n) is 9.45. The van der Waals surface area contributed by atoms with Gasteiger partial charge in [-0.3, -0.25) is 0 Å². The summed E-state index contributed by atoms with van der Waals surface area (Å²) in [6, 6.07) is 5.72. The third-order valence-corrected chi connectivity index (χ3v) is 3.24. The van der Waals surface area contributed by atoms with Gasteiger partial charge in [-0.1, -0.05) is 6.07 Å². The van der Waals surface area contributed by atoms with Crippen LogP contribution in [0.4, 0.5) is 0 Å². The maximum absolute atomic E-state index is 10.3. The standard InChI is InChI=1S/C12H13N3O2/c1-17-9-3-2-8-4-11(12(16)10(8)5-9)15-7-13-6-14-15/h2-3,5-7,11-12,16H,4H2,1H3. The van der Waals surface area contributed by atoms with E-state index in [0.717, 1.165) is 23.3 Å². The molecule has 0 saturated heterocycles. The molecule has 1 aromatic heterocycles. The molecule has 0 radical (unpaired) electrons. The van der Waals surface area contributed by atoms with Crippen LogP contribution in [-0.4, -0.2) is 27.0 Å². The van der Waals surface area contributed by atoms with Gasteiger partial charge in [0.05, 0.1) is 13.2 Å². The molecule has 0 spiro atoms. The second kappa shape index (κ2) is 3.85. The van der Waals surface area contributed by atoms with Crippen molar-refractivity contribution in [3.05, 3.63) is 42.0 Å². The zero-order valence-corrected chi connectivity index (χ0v) is 9.45. The lowest BCUT2D eigenvalue weighted by Crippen LogP contribution is -2.14. The first-order valence-corrected chi connectivity index (χ1v) is 5.48. The normalized spacial score (nSPS) is 22.5. The second-order valence-corrected chi connectivity index (χ2v) is 4.16. The molecular formula is C12H13N3O2. The zero-order chi connectivity index (χ0) is 11.8. The maximum Gasteiger partial charge on any atom is 0.137 e. The van der Waals surface area contributed by atoms with E-state index in [1.54, 1.807) is 18.1 Å². The molecule has 0 saturated carbocycles. The third-order valence-electron chi connectivity index (χ3n) is 3.24. The summed E-state index contributed by atoms with van der Waals surface area (Å²) in [4.78, 5) is 3.91. The van der Waals surface area contributed by atoms with Gasteiger partial charge in [0, 0.05) is 0 Å². The Balaban J connectivity index is 1.97. The number of ether oxygens (including phenoxy) is 1. The van der Waals surface area contributed by atoms with Gasteiger partial charge in [0.2, 0.25) is 0 Å². The van der Waals surface area contributed by atoms with E-state index < -0.39 is 6.10 Å². The number of hydrogen-bond donors (Lipinski definition) is 1.